The lowest BCUT2D eigenvalue weighted by atomic mass is 9.56. The van der Waals surface area contributed by atoms with E-state index in [1.54, 1.807) is 0 Å². The molecule has 0 heterocycles. The highest BCUT2D eigenvalue weighted by Crippen LogP contribution is 2.48. The molecule has 0 N–H and O–H groups in total. The summed E-state index contributed by atoms with van der Waals surface area (Å²) < 4.78 is 0. The van der Waals surface area contributed by atoms with Gasteiger partial charge in [-0.3, -0.25) is 0 Å². The largest absolute Gasteiger partial charge is 0.197 e. The zero-order valence-electron chi connectivity index (χ0n) is 13.4. The molecule has 1 aliphatic rings. The number of benzene rings is 2. The van der Waals surface area contributed by atoms with Crippen LogP contribution in [-0.2, 0) is 18.3 Å². The lowest BCUT2D eigenvalue weighted by Gasteiger charge is -2.45. The molecule has 2 aromatic carbocycles. The Balaban J connectivity index is 2.20. The van der Waals surface area contributed by atoms with Gasteiger partial charge in [-0.05, 0) is 41.9 Å². The van der Waals surface area contributed by atoms with Gasteiger partial charge in [0.2, 0.25) is 0 Å². The van der Waals surface area contributed by atoms with Gasteiger partial charge in [-0.2, -0.15) is 10.5 Å². The Kier molecular flexibility index (Phi) is 4.18. The van der Waals surface area contributed by atoms with Gasteiger partial charge in [-0.25, -0.2) is 0 Å². The van der Waals surface area contributed by atoms with Crippen LogP contribution >= 0.6 is 0 Å². The molecule has 0 amide bonds. The number of rotatable bonds is 3. The second-order valence-electron chi connectivity index (χ2n) is 6.49. The van der Waals surface area contributed by atoms with E-state index in [1.807, 2.05) is 24.3 Å². The normalized spacial score (nSPS) is 22.9. The quantitative estimate of drug-likeness (QED) is 0.842. The fourth-order valence-electron chi connectivity index (χ4n) is 4.09. The summed E-state index contributed by atoms with van der Waals surface area (Å²) in [6.45, 7) is 2.19. The maximum atomic E-state index is 9.69. The molecule has 0 saturated heterocycles. The third kappa shape index (κ3) is 2.51. The minimum atomic E-state index is -0.640. The van der Waals surface area contributed by atoms with E-state index in [0.29, 0.717) is 5.92 Å². The predicted molar refractivity (Wildman–Crippen MR) is 90.5 cm³/mol. The van der Waals surface area contributed by atoms with E-state index in [4.69, 9.17) is 0 Å². The van der Waals surface area contributed by atoms with E-state index in [0.717, 1.165) is 19.3 Å². The van der Waals surface area contributed by atoms with Gasteiger partial charge in [-0.1, -0.05) is 61.5 Å². The highest BCUT2D eigenvalue weighted by atomic mass is 14.5. The van der Waals surface area contributed by atoms with Gasteiger partial charge in [0, 0.05) is 5.41 Å². The molecule has 0 unspecified atom stereocenters. The Hall–Kier alpha value is -2.58. The first-order valence-electron chi connectivity index (χ1n) is 8.14. The zero-order valence-corrected chi connectivity index (χ0v) is 13.4. The molecule has 0 radical (unpaired) electrons. The van der Waals surface area contributed by atoms with E-state index in [-0.39, 0.29) is 0 Å². The molecule has 2 nitrogen and oxygen atoms in total. The number of nitrogens with zero attached hydrogens (tertiary/aromatic N) is 2. The Morgan fingerprint density at radius 3 is 2.39 bits per heavy atom. The first-order chi connectivity index (χ1) is 11.2. The first-order valence-corrected chi connectivity index (χ1v) is 8.14. The minimum Gasteiger partial charge on any atom is -0.197 e. The minimum absolute atomic E-state index is 0.293. The zero-order chi connectivity index (χ0) is 16.3. The molecule has 2 atom stereocenters. The van der Waals surface area contributed by atoms with Crippen molar-refractivity contribution in [1.82, 2.24) is 0 Å². The molecule has 0 fully saturated rings. The van der Waals surface area contributed by atoms with E-state index >= 15 is 0 Å². The van der Waals surface area contributed by atoms with Gasteiger partial charge < -0.3 is 0 Å². The van der Waals surface area contributed by atoms with Gasteiger partial charge in [-0.15, -0.1) is 0 Å². The lowest BCUT2D eigenvalue weighted by molar-refractivity contribution is 0.217. The van der Waals surface area contributed by atoms with Crippen molar-refractivity contribution in [3.8, 4) is 12.1 Å². The third-order valence-electron chi connectivity index (χ3n) is 5.36. The molecule has 1 aliphatic carbocycles. The Bertz CT molecular complexity index is 752. The molecule has 2 aromatic rings. The number of fused-ring (bicyclic) bond motifs is 1. The van der Waals surface area contributed by atoms with Crippen molar-refractivity contribution in [2.75, 3.05) is 0 Å². The lowest BCUT2D eigenvalue weighted by Crippen LogP contribution is -2.45. The van der Waals surface area contributed by atoms with Crippen LogP contribution in [0.25, 0.3) is 0 Å². The Labute approximate surface area is 138 Å². The van der Waals surface area contributed by atoms with E-state index in [9.17, 15) is 10.5 Å². The highest BCUT2D eigenvalue weighted by molar-refractivity contribution is 5.43. The summed E-state index contributed by atoms with van der Waals surface area (Å²) in [7, 11) is 0. The second-order valence-corrected chi connectivity index (χ2v) is 6.49. The van der Waals surface area contributed by atoms with Crippen molar-refractivity contribution in [1.29, 1.82) is 10.5 Å². The second kappa shape index (κ2) is 6.27. The predicted octanol–water partition coefficient (Wildman–Crippen LogP) is 4.41. The summed E-state index contributed by atoms with van der Waals surface area (Å²) >= 11 is 0. The number of aryl methyl sites for hydroxylation is 1. The summed E-state index contributed by atoms with van der Waals surface area (Å²) in [6.07, 6.45) is 2.78. The van der Waals surface area contributed by atoms with E-state index < -0.39 is 11.3 Å². The van der Waals surface area contributed by atoms with Crippen LogP contribution in [0.15, 0.2) is 54.6 Å². The van der Waals surface area contributed by atoms with Gasteiger partial charge in [0.05, 0.1) is 12.1 Å². The molecule has 0 bridgehead atoms. The van der Waals surface area contributed by atoms with Gasteiger partial charge >= 0.3 is 0 Å². The van der Waals surface area contributed by atoms with Crippen molar-refractivity contribution in [2.45, 2.75) is 31.6 Å². The van der Waals surface area contributed by atoms with Crippen LogP contribution in [0.2, 0.25) is 0 Å². The van der Waals surface area contributed by atoms with Crippen molar-refractivity contribution >= 4 is 0 Å². The summed E-state index contributed by atoms with van der Waals surface area (Å²) in [5.74, 6) is -0.346. The van der Waals surface area contributed by atoms with Crippen LogP contribution in [0.4, 0.5) is 0 Å². The molecule has 0 aliphatic heterocycles. The van der Waals surface area contributed by atoms with Crippen molar-refractivity contribution < 1.29 is 0 Å². The van der Waals surface area contributed by atoms with Crippen LogP contribution in [0, 0.1) is 34.5 Å². The van der Waals surface area contributed by atoms with Gasteiger partial charge in [0.25, 0.3) is 0 Å². The summed E-state index contributed by atoms with van der Waals surface area (Å²) in [5.41, 5.74) is 3.24. The van der Waals surface area contributed by atoms with Crippen LogP contribution in [-0.4, -0.2) is 0 Å². The fraction of sp³-hybridized carbons (Fsp3) is 0.333. The SMILES string of the molecule is C[C@H]1CCc2ccccc2[C@@]1(Cc1ccccc1)C(C#N)C#N. The smallest absolute Gasteiger partial charge is 0.143 e. The van der Waals surface area contributed by atoms with E-state index in [1.165, 1.54) is 16.7 Å². The maximum Gasteiger partial charge on any atom is 0.143 e. The maximum absolute atomic E-state index is 9.69. The molecule has 0 saturated carbocycles. The van der Waals surface area contributed by atoms with Crippen LogP contribution in [0.1, 0.15) is 30.0 Å². The summed E-state index contributed by atoms with van der Waals surface area (Å²) in [4.78, 5) is 0. The number of hydrogen-bond donors (Lipinski definition) is 0. The first kappa shape index (κ1) is 15.3. The average molecular weight is 300 g/mol. The molecule has 0 aromatic heterocycles. The molecule has 23 heavy (non-hydrogen) atoms. The summed E-state index contributed by atoms with van der Waals surface area (Å²) in [6, 6.07) is 23.2. The molecular formula is C21H20N2. The standard InChI is InChI=1S/C21H20N2/c1-16-11-12-18-9-5-6-10-20(18)21(16,19(14-22)15-23)13-17-7-3-2-4-8-17/h2-10,16,19H,11-13H2,1H3/t16-,21+/m0/s1. The fourth-order valence-corrected chi connectivity index (χ4v) is 4.09. The Morgan fingerprint density at radius 2 is 1.70 bits per heavy atom. The van der Waals surface area contributed by atoms with Crippen LogP contribution in [0.5, 0.6) is 0 Å². The van der Waals surface area contributed by atoms with Crippen molar-refractivity contribution in [2.24, 2.45) is 11.8 Å². The molecular weight excluding hydrogens is 280 g/mol. The average Bonchev–Trinajstić information content (AvgIpc) is 2.60. The molecule has 2 heteroatoms. The Morgan fingerprint density at radius 1 is 1.04 bits per heavy atom. The highest BCUT2D eigenvalue weighted by Gasteiger charge is 2.48. The van der Waals surface area contributed by atoms with Crippen molar-refractivity contribution in [3.63, 3.8) is 0 Å². The summed E-state index contributed by atoms with van der Waals surface area (Å²) in [5, 5.41) is 19.4. The third-order valence-corrected chi connectivity index (χ3v) is 5.36. The van der Waals surface area contributed by atoms with Crippen molar-refractivity contribution in [3.05, 3.63) is 71.3 Å². The van der Waals surface area contributed by atoms with Crippen LogP contribution < -0.4 is 0 Å². The number of nitriles is 2. The topological polar surface area (TPSA) is 47.6 Å². The van der Waals surface area contributed by atoms with Gasteiger partial charge in [0.15, 0.2) is 0 Å². The van der Waals surface area contributed by atoms with Crippen LogP contribution in [0.3, 0.4) is 0 Å². The molecule has 114 valence electrons. The molecule has 0 spiro atoms. The number of hydrogen-bond acceptors (Lipinski definition) is 2. The van der Waals surface area contributed by atoms with E-state index in [2.05, 4.69) is 49.4 Å². The molecule has 3 rings (SSSR count). The van der Waals surface area contributed by atoms with Gasteiger partial charge in [0.1, 0.15) is 5.92 Å². The monoisotopic (exact) mass is 300 g/mol.